The van der Waals surface area contributed by atoms with Crippen LogP contribution in [0.5, 0.6) is 5.75 Å². The highest BCUT2D eigenvalue weighted by Gasteiger charge is 2.25. The zero-order valence-corrected chi connectivity index (χ0v) is 22.9. The first-order valence-electron chi connectivity index (χ1n) is 13.5. The highest BCUT2D eigenvalue weighted by molar-refractivity contribution is 5.94. The van der Waals surface area contributed by atoms with Crippen molar-refractivity contribution in [3.63, 3.8) is 0 Å². The number of amides is 2. The quantitative estimate of drug-likeness (QED) is 0.306. The van der Waals surface area contributed by atoms with E-state index < -0.39 is 0 Å². The molecule has 1 aliphatic rings. The van der Waals surface area contributed by atoms with E-state index in [2.05, 4.69) is 5.32 Å². The summed E-state index contributed by atoms with van der Waals surface area (Å²) in [6.45, 7) is 2.99. The number of carbonyl (C=O) groups excluding carboxylic acids is 2. The largest absolute Gasteiger partial charge is 0.497 e. The molecule has 4 aromatic rings. The Bertz CT molecular complexity index is 1430. The lowest BCUT2D eigenvalue weighted by Gasteiger charge is -2.25. The first-order valence-corrected chi connectivity index (χ1v) is 13.5. The monoisotopic (exact) mass is 538 g/mol. The lowest BCUT2D eigenvalue weighted by Crippen LogP contribution is -2.43. The molecule has 1 fully saturated rings. The third-order valence-electron chi connectivity index (χ3n) is 6.99. The number of hydrogen-bond donors (Lipinski definition) is 1. The normalized spacial score (nSPS) is 14.6. The number of nitrogens with one attached hydrogen (secondary N) is 1. The van der Waals surface area contributed by atoms with Gasteiger partial charge in [0.15, 0.2) is 0 Å². The van der Waals surface area contributed by atoms with E-state index in [0.29, 0.717) is 24.8 Å². The number of benzene rings is 3. The number of hydrogen-bond acceptors (Lipinski definition) is 5. The molecule has 1 unspecified atom stereocenters. The molecule has 1 saturated heterocycles. The Morgan fingerprint density at radius 1 is 1.05 bits per heavy atom. The lowest BCUT2D eigenvalue weighted by molar-refractivity contribution is -0.135. The molecular formula is C32H34N4O4. The molecule has 0 spiro atoms. The van der Waals surface area contributed by atoms with Crippen molar-refractivity contribution >= 4 is 17.8 Å². The second-order valence-electron chi connectivity index (χ2n) is 10.0. The Balaban J connectivity index is 1.38. The molecule has 2 heterocycles. The molecule has 206 valence electrons. The van der Waals surface area contributed by atoms with Gasteiger partial charge in [0.2, 0.25) is 17.8 Å². The number of ether oxygens (including phenoxy) is 2. The van der Waals surface area contributed by atoms with Crippen LogP contribution in [0.4, 0.5) is 5.95 Å². The number of aryl methyl sites for hydroxylation is 1. The Labute approximate surface area is 234 Å². The molecule has 0 radical (unpaired) electrons. The lowest BCUT2D eigenvalue weighted by atomic mass is 10.1. The van der Waals surface area contributed by atoms with Crippen molar-refractivity contribution in [1.29, 1.82) is 0 Å². The maximum atomic E-state index is 13.4. The summed E-state index contributed by atoms with van der Waals surface area (Å²) >= 11 is 0. The Hall–Kier alpha value is -4.43. The molecule has 3 aromatic carbocycles. The van der Waals surface area contributed by atoms with Crippen molar-refractivity contribution in [2.75, 3.05) is 32.1 Å². The Kier molecular flexibility index (Phi) is 8.56. The van der Waals surface area contributed by atoms with Gasteiger partial charge >= 0.3 is 0 Å². The van der Waals surface area contributed by atoms with E-state index in [1.807, 2.05) is 96.6 Å². The van der Waals surface area contributed by atoms with Crippen LogP contribution in [-0.4, -0.2) is 59.2 Å². The number of carbonyl (C=O) groups is 2. The second-order valence-corrected chi connectivity index (χ2v) is 10.0. The van der Waals surface area contributed by atoms with Crippen molar-refractivity contribution in [2.45, 2.75) is 32.3 Å². The summed E-state index contributed by atoms with van der Waals surface area (Å²) in [7, 11) is 1.63. The Morgan fingerprint density at radius 2 is 1.80 bits per heavy atom. The van der Waals surface area contributed by atoms with Crippen LogP contribution in [0.3, 0.4) is 0 Å². The fraction of sp³-hybridized carbons (Fsp3) is 0.281. The van der Waals surface area contributed by atoms with Gasteiger partial charge < -0.3 is 14.4 Å². The van der Waals surface area contributed by atoms with Gasteiger partial charge in [-0.1, -0.05) is 48.0 Å². The molecule has 40 heavy (non-hydrogen) atoms. The van der Waals surface area contributed by atoms with Crippen molar-refractivity contribution in [2.24, 2.45) is 0 Å². The number of nitrogens with zero attached hydrogens (tertiary/aromatic N) is 3. The first kappa shape index (κ1) is 27.1. The summed E-state index contributed by atoms with van der Waals surface area (Å²) in [5, 5.41) is 2.96. The van der Waals surface area contributed by atoms with Crippen LogP contribution >= 0.6 is 0 Å². The van der Waals surface area contributed by atoms with Crippen molar-refractivity contribution < 1.29 is 19.1 Å². The van der Waals surface area contributed by atoms with E-state index in [0.717, 1.165) is 41.0 Å². The zero-order valence-electron chi connectivity index (χ0n) is 22.9. The molecule has 1 aromatic heterocycles. The summed E-state index contributed by atoms with van der Waals surface area (Å²) < 4.78 is 12.9. The molecule has 1 atom stereocenters. The summed E-state index contributed by atoms with van der Waals surface area (Å²) in [5.41, 5.74) is 4.50. The number of rotatable bonds is 10. The molecular weight excluding hydrogens is 504 g/mol. The minimum atomic E-state index is -0.320. The molecule has 0 aliphatic carbocycles. The third kappa shape index (κ3) is 6.76. The van der Waals surface area contributed by atoms with E-state index >= 15 is 0 Å². The average molecular weight is 539 g/mol. The van der Waals surface area contributed by atoms with Crippen LogP contribution in [0.15, 0.2) is 85.1 Å². The van der Waals surface area contributed by atoms with Crippen LogP contribution < -0.4 is 10.1 Å². The number of imidazole rings is 1. The van der Waals surface area contributed by atoms with Crippen LogP contribution in [-0.2, 0) is 20.7 Å². The minimum Gasteiger partial charge on any atom is -0.497 e. The van der Waals surface area contributed by atoms with Gasteiger partial charge in [0.05, 0.1) is 25.3 Å². The minimum absolute atomic E-state index is 0.0660. The molecule has 0 bridgehead atoms. The molecule has 1 aliphatic heterocycles. The SMILES string of the molecule is COc1ccc(-c2cn(-c3ccc(C)cc3)c(NC(=O)CN(CC3CCCO3)C(=O)Cc3ccccc3)n2)cc1. The van der Waals surface area contributed by atoms with E-state index in [1.165, 1.54) is 0 Å². The second kappa shape index (κ2) is 12.6. The summed E-state index contributed by atoms with van der Waals surface area (Å²) in [5.74, 6) is 0.700. The molecule has 5 rings (SSSR count). The van der Waals surface area contributed by atoms with Crippen LogP contribution in [0.2, 0.25) is 0 Å². The van der Waals surface area contributed by atoms with Gasteiger partial charge in [-0.25, -0.2) is 4.98 Å². The fourth-order valence-corrected chi connectivity index (χ4v) is 4.78. The summed E-state index contributed by atoms with van der Waals surface area (Å²) in [4.78, 5) is 33.1. The van der Waals surface area contributed by atoms with Gasteiger partial charge in [0.1, 0.15) is 12.3 Å². The van der Waals surface area contributed by atoms with Crippen LogP contribution in [0.1, 0.15) is 24.0 Å². The summed E-state index contributed by atoms with van der Waals surface area (Å²) in [6.07, 6.45) is 3.89. The first-order chi connectivity index (χ1) is 19.5. The molecule has 1 N–H and O–H groups in total. The predicted octanol–water partition coefficient (Wildman–Crippen LogP) is 5.05. The van der Waals surface area contributed by atoms with Gasteiger partial charge in [0.25, 0.3) is 0 Å². The van der Waals surface area contributed by atoms with E-state index in [-0.39, 0.29) is 30.9 Å². The van der Waals surface area contributed by atoms with Crippen molar-refractivity contribution in [3.8, 4) is 22.7 Å². The third-order valence-corrected chi connectivity index (χ3v) is 6.99. The van der Waals surface area contributed by atoms with Gasteiger partial charge in [-0.15, -0.1) is 0 Å². The molecule has 0 saturated carbocycles. The maximum Gasteiger partial charge on any atom is 0.246 e. The standard InChI is InChI=1S/C32H34N4O4/c1-23-10-14-26(15-11-23)36-21-29(25-12-16-27(39-2)17-13-25)33-32(36)34-30(37)22-35(20-28-9-6-18-40-28)31(38)19-24-7-4-3-5-8-24/h3-5,7-8,10-17,21,28H,6,9,18-20,22H2,1-2H3,(H,33,34,37). The number of aromatic nitrogens is 2. The predicted molar refractivity (Wildman–Crippen MR) is 155 cm³/mol. The van der Waals surface area contributed by atoms with Gasteiger partial charge in [0, 0.05) is 30.6 Å². The van der Waals surface area contributed by atoms with Crippen LogP contribution in [0, 0.1) is 6.92 Å². The molecule has 8 nitrogen and oxygen atoms in total. The maximum absolute atomic E-state index is 13.4. The van der Waals surface area contributed by atoms with Crippen LogP contribution in [0.25, 0.3) is 16.9 Å². The fourth-order valence-electron chi connectivity index (χ4n) is 4.78. The smallest absolute Gasteiger partial charge is 0.246 e. The summed E-state index contributed by atoms with van der Waals surface area (Å²) in [6, 6.07) is 25.2. The average Bonchev–Trinajstić information content (AvgIpc) is 3.64. The number of anilines is 1. The van der Waals surface area contributed by atoms with E-state index in [9.17, 15) is 9.59 Å². The van der Waals surface area contributed by atoms with Gasteiger partial charge in [-0.2, -0.15) is 0 Å². The van der Waals surface area contributed by atoms with Crippen molar-refractivity contribution in [3.05, 3.63) is 96.2 Å². The molecule has 2 amide bonds. The number of methoxy groups -OCH3 is 1. The highest BCUT2D eigenvalue weighted by atomic mass is 16.5. The van der Waals surface area contributed by atoms with Crippen molar-refractivity contribution in [1.82, 2.24) is 14.5 Å². The van der Waals surface area contributed by atoms with E-state index in [1.54, 1.807) is 12.0 Å². The van der Waals surface area contributed by atoms with E-state index in [4.69, 9.17) is 14.5 Å². The Morgan fingerprint density at radius 3 is 2.48 bits per heavy atom. The highest BCUT2D eigenvalue weighted by Crippen LogP contribution is 2.26. The van der Waals surface area contributed by atoms with Gasteiger partial charge in [-0.3, -0.25) is 19.5 Å². The zero-order chi connectivity index (χ0) is 27.9. The molecule has 8 heteroatoms. The topological polar surface area (TPSA) is 85.7 Å². The van der Waals surface area contributed by atoms with Gasteiger partial charge in [-0.05, 0) is 61.7 Å².